The Labute approximate surface area is 158 Å². The van der Waals surface area contributed by atoms with Crippen molar-refractivity contribution in [1.29, 1.82) is 0 Å². The number of amides is 1. The Morgan fingerprint density at radius 3 is 2.52 bits per heavy atom. The molecule has 0 saturated carbocycles. The lowest BCUT2D eigenvalue weighted by atomic mass is 10.1. The van der Waals surface area contributed by atoms with Crippen molar-refractivity contribution in [2.75, 3.05) is 13.2 Å². The first-order valence-corrected chi connectivity index (χ1v) is 9.33. The Morgan fingerprint density at radius 2 is 1.78 bits per heavy atom. The standard InChI is InChI=1S/C20H26N2O5/c1-2-26-18(23)13-9-4-3-5-10-14-21-19(24)22-15-17(27-20(22)25)16-11-7-6-8-12-16/h6-8,11-12,15H,2-5,9-10,13-14H2,1H3,(H,21,24). The van der Waals surface area contributed by atoms with Gasteiger partial charge >= 0.3 is 17.8 Å². The predicted molar refractivity (Wildman–Crippen MR) is 102 cm³/mol. The number of oxazole rings is 1. The number of unbranched alkanes of at least 4 members (excludes halogenated alkanes) is 4. The summed E-state index contributed by atoms with van der Waals surface area (Å²) in [5, 5.41) is 2.72. The fraction of sp³-hybridized carbons (Fsp3) is 0.450. The van der Waals surface area contributed by atoms with Crippen LogP contribution in [0.3, 0.4) is 0 Å². The molecule has 0 unspecified atom stereocenters. The molecule has 1 aromatic carbocycles. The highest BCUT2D eigenvalue weighted by atomic mass is 16.5. The fourth-order valence-electron chi connectivity index (χ4n) is 2.66. The smallest absolute Gasteiger partial charge is 0.427 e. The molecule has 0 fully saturated rings. The summed E-state index contributed by atoms with van der Waals surface area (Å²) in [6.07, 6.45) is 6.37. The molecule has 1 amide bonds. The zero-order chi connectivity index (χ0) is 19.5. The molecule has 27 heavy (non-hydrogen) atoms. The van der Waals surface area contributed by atoms with Crippen LogP contribution in [0.15, 0.2) is 45.7 Å². The largest absolute Gasteiger partial charge is 0.466 e. The summed E-state index contributed by atoms with van der Waals surface area (Å²) in [6, 6.07) is 8.65. The molecular weight excluding hydrogens is 348 g/mol. The van der Waals surface area contributed by atoms with Gasteiger partial charge in [-0.1, -0.05) is 49.6 Å². The van der Waals surface area contributed by atoms with Crippen LogP contribution in [0, 0.1) is 0 Å². The quantitative estimate of drug-likeness (QED) is 0.507. The number of hydrogen-bond donors (Lipinski definition) is 1. The minimum Gasteiger partial charge on any atom is -0.466 e. The molecule has 0 bridgehead atoms. The minimum atomic E-state index is -0.703. The van der Waals surface area contributed by atoms with Gasteiger partial charge in [-0.05, 0) is 19.8 Å². The van der Waals surface area contributed by atoms with Gasteiger partial charge in [0.1, 0.15) is 0 Å². The molecule has 2 aromatic rings. The number of aromatic nitrogens is 1. The zero-order valence-corrected chi connectivity index (χ0v) is 15.6. The average molecular weight is 374 g/mol. The summed E-state index contributed by atoms with van der Waals surface area (Å²) in [7, 11) is 0. The Bertz CT molecular complexity index is 779. The second-order valence-electron chi connectivity index (χ2n) is 6.15. The normalized spacial score (nSPS) is 10.6. The molecule has 0 radical (unpaired) electrons. The molecule has 0 spiro atoms. The van der Waals surface area contributed by atoms with E-state index < -0.39 is 11.8 Å². The molecule has 2 rings (SSSR count). The third kappa shape index (κ3) is 6.77. The van der Waals surface area contributed by atoms with Crippen LogP contribution in [0.5, 0.6) is 0 Å². The van der Waals surface area contributed by atoms with E-state index in [4.69, 9.17) is 9.15 Å². The van der Waals surface area contributed by atoms with E-state index in [-0.39, 0.29) is 5.97 Å². The van der Waals surface area contributed by atoms with Crippen molar-refractivity contribution < 1.29 is 18.7 Å². The van der Waals surface area contributed by atoms with Crippen LogP contribution in [0.1, 0.15) is 45.4 Å². The predicted octanol–water partition coefficient (Wildman–Crippen LogP) is 3.57. The van der Waals surface area contributed by atoms with Crippen molar-refractivity contribution in [3.8, 4) is 11.3 Å². The minimum absolute atomic E-state index is 0.148. The Morgan fingerprint density at radius 1 is 1.07 bits per heavy atom. The van der Waals surface area contributed by atoms with Crippen LogP contribution < -0.4 is 11.1 Å². The molecule has 0 aliphatic rings. The van der Waals surface area contributed by atoms with Crippen LogP contribution in [0.25, 0.3) is 11.3 Å². The van der Waals surface area contributed by atoms with E-state index in [1.54, 1.807) is 6.92 Å². The van der Waals surface area contributed by atoms with E-state index in [9.17, 15) is 14.4 Å². The maximum atomic E-state index is 12.1. The van der Waals surface area contributed by atoms with Gasteiger partial charge in [-0.15, -0.1) is 0 Å². The van der Waals surface area contributed by atoms with Gasteiger partial charge in [0.05, 0.1) is 12.8 Å². The summed E-state index contributed by atoms with van der Waals surface area (Å²) in [5.41, 5.74) is 0.740. The molecule has 0 aliphatic heterocycles. The van der Waals surface area contributed by atoms with Gasteiger partial charge in [0.25, 0.3) is 0 Å². The average Bonchev–Trinajstić information content (AvgIpc) is 3.06. The number of carbonyl (C=O) groups excluding carboxylic acids is 2. The number of carbonyl (C=O) groups is 2. The van der Waals surface area contributed by atoms with E-state index in [0.29, 0.717) is 25.3 Å². The molecular formula is C20H26N2O5. The molecule has 1 aromatic heterocycles. The molecule has 1 heterocycles. The highest BCUT2D eigenvalue weighted by molar-refractivity contribution is 5.77. The Balaban J connectivity index is 1.66. The number of nitrogens with one attached hydrogen (secondary N) is 1. The number of benzene rings is 1. The van der Waals surface area contributed by atoms with E-state index >= 15 is 0 Å². The summed E-state index contributed by atoms with van der Waals surface area (Å²) >= 11 is 0. The van der Waals surface area contributed by atoms with Crippen LogP contribution in [0.4, 0.5) is 4.79 Å². The Hall–Kier alpha value is -2.83. The van der Waals surface area contributed by atoms with Crippen LogP contribution in [-0.4, -0.2) is 29.7 Å². The lowest BCUT2D eigenvalue weighted by Gasteiger charge is -2.04. The first-order valence-electron chi connectivity index (χ1n) is 9.33. The lowest BCUT2D eigenvalue weighted by molar-refractivity contribution is -0.143. The maximum absolute atomic E-state index is 12.1. The van der Waals surface area contributed by atoms with Gasteiger partial charge in [0.15, 0.2) is 5.76 Å². The molecule has 7 nitrogen and oxygen atoms in total. The molecule has 0 saturated heterocycles. The van der Waals surface area contributed by atoms with Gasteiger partial charge in [-0.25, -0.2) is 9.59 Å². The van der Waals surface area contributed by atoms with Gasteiger partial charge in [0, 0.05) is 18.5 Å². The van der Waals surface area contributed by atoms with Crippen LogP contribution in [-0.2, 0) is 9.53 Å². The van der Waals surface area contributed by atoms with Gasteiger partial charge in [0.2, 0.25) is 0 Å². The van der Waals surface area contributed by atoms with Crippen molar-refractivity contribution in [3.63, 3.8) is 0 Å². The van der Waals surface area contributed by atoms with E-state index in [1.165, 1.54) is 6.20 Å². The second kappa shape index (κ2) is 11.0. The summed E-state index contributed by atoms with van der Waals surface area (Å²) in [4.78, 5) is 35.2. The first-order chi connectivity index (χ1) is 13.1. The van der Waals surface area contributed by atoms with Crippen molar-refractivity contribution in [2.45, 2.75) is 45.4 Å². The monoisotopic (exact) mass is 374 g/mol. The molecule has 146 valence electrons. The van der Waals surface area contributed by atoms with E-state index in [0.717, 1.165) is 42.2 Å². The SMILES string of the molecule is CCOC(=O)CCCCCCCNC(=O)n1cc(-c2ccccc2)oc1=O. The third-order valence-corrected chi connectivity index (χ3v) is 4.06. The van der Waals surface area contributed by atoms with Crippen molar-refractivity contribution in [3.05, 3.63) is 47.1 Å². The molecule has 1 N–H and O–H groups in total. The van der Waals surface area contributed by atoms with Crippen LogP contribution in [0.2, 0.25) is 0 Å². The third-order valence-electron chi connectivity index (χ3n) is 4.06. The van der Waals surface area contributed by atoms with Crippen LogP contribution >= 0.6 is 0 Å². The first kappa shape index (κ1) is 20.5. The van der Waals surface area contributed by atoms with Crippen molar-refractivity contribution in [1.82, 2.24) is 9.88 Å². The topological polar surface area (TPSA) is 90.5 Å². The zero-order valence-electron chi connectivity index (χ0n) is 15.6. The highest BCUT2D eigenvalue weighted by Gasteiger charge is 2.13. The lowest BCUT2D eigenvalue weighted by Crippen LogP contribution is -2.34. The number of hydrogen-bond acceptors (Lipinski definition) is 5. The molecule has 7 heteroatoms. The van der Waals surface area contributed by atoms with Gasteiger partial charge in [-0.2, -0.15) is 4.57 Å². The van der Waals surface area contributed by atoms with E-state index in [1.807, 2.05) is 30.3 Å². The van der Waals surface area contributed by atoms with Crippen molar-refractivity contribution >= 4 is 12.0 Å². The summed E-state index contributed by atoms with van der Waals surface area (Å²) < 4.78 is 11.0. The van der Waals surface area contributed by atoms with Crippen molar-refractivity contribution in [2.24, 2.45) is 0 Å². The van der Waals surface area contributed by atoms with Gasteiger partial charge < -0.3 is 14.5 Å². The number of nitrogens with zero attached hydrogens (tertiary/aromatic N) is 1. The summed E-state index contributed by atoms with van der Waals surface area (Å²) in [6.45, 7) is 2.70. The number of rotatable bonds is 10. The highest BCUT2D eigenvalue weighted by Crippen LogP contribution is 2.16. The Kier molecular flexibility index (Phi) is 8.35. The molecule has 0 aliphatic carbocycles. The number of esters is 1. The van der Waals surface area contributed by atoms with Gasteiger partial charge in [-0.3, -0.25) is 4.79 Å². The fourth-order valence-corrected chi connectivity index (χ4v) is 2.66. The maximum Gasteiger partial charge on any atom is 0.427 e. The van der Waals surface area contributed by atoms with E-state index in [2.05, 4.69) is 5.32 Å². The summed E-state index contributed by atoms with van der Waals surface area (Å²) in [5.74, 6) is -0.493. The second-order valence-corrected chi connectivity index (χ2v) is 6.15. The molecule has 0 atom stereocenters. The number of ether oxygens (including phenoxy) is 1.